The van der Waals surface area contributed by atoms with Gasteiger partial charge in [0.1, 0.15) is 0 Å². The molecule has 1 aliphatic rings. The van der Waals surface area contributed by atoms with Gasteiger partial charge < -0.3 is 0 Å². The normalized spacial score (nSPS) is 16.6. The molecule has 5 rings (SSSR count). The van der Waals surface area contributed by atoms with Crippen molar-refractivity contribution in [2.45, 2.75) is 9.49 Å². The van der Waals surface area contributed by atoms with E-state index in [9.17, 15) is 0 Å². The molecular weight excluding hydrogens is 344 g/mol. The molecule has 0 amide bonds. The molecule has 1 saturated heterocycles. The Balaban J connectivity index is 1.82. The van der Waals surface area contributed by atoms with E-state index in [4.69, 9.17) is 0 Å². The van der Waals surface area contributed by atoms with E-state index in [0.29, 0.717) is 0 Å². The maximum atomic E-state index is 2.27. The van der Waals surface area contributed by atoms with Crippen molar-refractivity contribution in [1.82, 2.24) is 0 Å². The van der Waals surface area contributed by atoms with E-state index < -0.39 is 0 Å². The second-order valence-electron chi connectivity index (χ2n) is 6.93. The molecule has 0 nitrogen and oxygen atoms in total. The lowest BCUT2D eigenvalue weighted by Gasteiger charge is -2.26. The van der Waals surface area contributed by atoms with Gasteiger partial charge in [0, 0.05) is 0 Å². The van der Waals surface area contributed by atoms with Crippen LogP contribution < -0.4 is 0 Å². The lowest BCUT2D eigenvalue weighted by atomic mass is 9.74. The molecule has 0 unspecified atom stereocenters. The van der Waals surface area contributed by atoms with Crippen LogP contribution in [0.3, 0.4) is 0 Å². The molecule has 4 aromatic rings. The predicted molar refractivity (Wildman–Crippen MR) is 115 cm³/mol. The largest absolute Gasteiger partial charge is 0.125 e. The van der Waals surface area contributed by atoms with Crippen LogP contribution in [0, 0.1) is 0 Å². The first-order valence-electron chi connectivity index (χ1n) is 9.30. The maximum Gasteiger partial charge on any atom is 0.0899 e. The molecule has 0 aromatic heterocycles. The number of rotatable bonds is 4. The number of hydrogen-bond donors (Lipinski definition) is 0. The molecule has 0 aliphatic carbocycles. The smallest absolute Gasteiger partial charge is 0.0899 e. The Morgan fingerprint density at radius 3 is 0.778 bits per heavy atom. The van der Waals surface area contributed by atoms with Crippen molar-refractivity contribution in [3.8, 4) is 0 Å². The molecule has 1 aliphatic heterocycles. The summed E-state index contributed by atoms with van der Waals surface area (Å²) >= 11 is 2.04. The highest BCUT2D eigenvalue weighted by molar-refractivity contribution is 8.09. The fourth-order valence-corrected chi connectivity index (χ4v) is 6.17. The van der Waals surface area contributed by atoms with E-state index in [1.807, 2.05) is 11.8 Å². The van der Waals surface area contributed by atoms with Crippen LogP contribution in [0.2, 0.25) is 0 Å². The summed E-state index contributed by atoms with van der Waals surface area (Å²) in [6.45, 7) is 0. The van der Waals surface area contributed by atoms with Gasteiger partial charge >= 0.3 is 0 Å². The second-order valence-corrected chi connectivity index (χ2v) is 8.36. The van der Waals surface area contributed by atoms with Gasteiger partial charge in [-0.05, 0) is 22.3 Å². The van der Waals surface area contributed by atoms with E-state index in [-0.39, 0.29) is 9.49 Å². The summed E-state index contributed by atoms with van der Waals surface area (Å²) in [5.41, 5.74) is 5.42. The molecule has 0 spiro atoms. The fraction of sp³-hybridized carbons (Fsp3) is 0.0769. The highest BCUT2D eigenvalue weighted by atomic mass is 32.2. The van der Waals surface area contributed by atoms with Crippen LogP contribution in [0.25, 0.3) is 0 Å². The van der Waals surface area contributed by atoms with Crippen molar-refractivity contribution in [3.63, 3.8) is 0 Å². The van der Waals surface area contributed by atoms with Gasteiger partial charge in [-0.25, -0.2) is 0 Å². The third-order valence-corrected chi connectivity index (χ3v) is 7.45. The third-order valence-electron chi connectivity index (χ3n) is 5.48. The summed E-state index contributed by atoms with van der Waals surface area (Å²) in [6.07, 6.45) is 0. The molecule has 4 aromatic carbocycles. The van der Waals surface area contributed by atoms with Gasteiger partial charge in [-0.2, -0.15) is 0 Å². The topological polar surface area (TPSA) is 0 Å². The Morgan fingerprint density at radius 1 is 0.333 bits per heavy atom. The monoisotopic (exact) mass is 364 g/mol. The van der Waals surface area contributed by atoms with Crippen molar-refractivity contribution < 1.29 is 0 Å². The minimum absolute atomic E-state index is 0.127. The molecule has 1 heteroatoms. The highest BCUT2D eigenvalue weighted by Gasteiger charge is 2.72. The summed E-state index contributed by atoms with van der Waals surface area (Å²) in [7, 11) is 0. The number of thioether (sulfide) groups is 1. The molecule has 27 heavy (non-hydrogen) atoms. The average Bonchev–Trinajstić information content (AvgIpc) is 3.49. The zero-order valence-electron chi connectivity index (χ0n) is 15.0. The van der Waals surface area contributed by atoms with Crippen LogP contribution in [0.4, 0.5) is 0 Å². The SMILES string of the molecule is c1ccc(C2(c3ccccc3)SC2(c2ccccc2)c2ccccc2)cc1. The highest BCUT2D eigenvalue weighted by Crippen LogP contribution is 2.80. The van der Waals surface area contributed by atoms with Crippen molar-refractivity contribution in [2.75, 3.05) is 0 Å². The molecule has 0 saturated carbocycles. The van der Waals surface area contributed by atoms with Crippen LogP contribution in [0.15, 0.2) is 121 Å². The Labute approximate surface area is 164 Å². The van der Waals surface area contributed by atoms with Crippen LogP contribution >= 0.6 is 11.8 Å². The standard InChI is InChI=1S/C26H20S/c1-5-13-21(14-6-1)25(22-15-7-2-8-16-22)26(27-25,23-17-9-3-10-18-23)24-19-11-4-12-20-24/h1-20H. The van der Waals surface area contributed by atoms with E-state index in [1.54, 1.807) is 0 Å². The molecule has 1 fully saturated rings. The summed E-state index contributed by atoms with van der Waals surface area (Å²) < 4.78 is -0.254. The Morgan fingerprint density at radius 2 is 0.556 bits per heavy atom. The van der Waals surface area contributed by atoms with Gasteiger partial charge in [-0.15, -0.1) is 11.8 Å². The molecule has 0 N–H and O–H groups in total. The Bertz CT molecular complexity index is 859. The van der Waals surface area contributed by atoms with Crippen molar-refractivity contribution in [3.05, 3.63) is 144 Å². The number of benzene rings is 4. The Kier molecular flexibility index (Phi) is 3.91. The molecule has 130 valence electrons. The lowest BCUT2D eigenvalue weighted by Crippen LogP contribution is -2.25. The fourth-order valence-electron chi connectivity index (χ4n) is 4.28. The van der Waals surface area contributed by atoms with Gasteiger partial charge in [-0.1, -0.05) is 121 Å². The van der Waals surface area contributed by atoms with Crippen molar-refractivity contribution in [1.29, 1.82) is 0 Å². The zero-order valence-corrected chi connectivity index (χ0v) is 15.8. The molecule has 0 radical (unpaired) electrons. The average molecular weight is 365 g/mol. The quantitative estimate of drug-likeness (QED) is 0.367. The van der Waals surface area contributed by atoms with Gasteiger partial charge in [0.25, 0.3) is 0 Å². The van der Waals surface area contributed by atoms with E-state index >= 15 is 0 Å². The van der Waals surface area contributed by atoms with Gasteiger partial charge in [0.2, 0.25) is 0 Å². The molecule has 1 heterocycles. The molecular formula is C26H20S. The molecule has 0 atom stereocenters. The lowest BCUT2D eigenvalue weighted by molar-refractivity contribution is 0.690. The summed E-state index contributed by atoms with van der Waals surface area (Å²) in [5.74, 6) is 0. The van der Waals surface area contributed by atoms with Crippen LogP contribution in [0.1, 0.15) is 22.3 Å². The summed E-state index contributed by atoms with van der Waals surface area (Å²) in [6, 6.07) is 43.8. The van der Waals surface area contributed by atoms with Crippen LogP contribution in [0.5, 0.6) is 0 Å². The molecule has 0 bridgehead atoms. The van der Waals surface area contributed by atoms with Gasteiger partial charge in [0.15, 0.2) is 0 Å². The first-order valence-corrected chi connectivity index (χ1v) is 10.1. The van der Waals surface area contributed by atoms with E-state index in [1.165, 1.54) is 22.3 Å². The van der Waals surface area contributed by atoms with Crippen LogP contribution in [-0.4, -0.2) is 0 Å². The van der Waals surface area contributed by atoms with Crippen LogP contribution in [-0.2, 0) is 9.49 Å². The minimum atomic E-state index is -0.127. The third kappa shape index (κ3) is 2.39. The summed E-state index contributed by atoms with van der Waals surface area (Å²) in [5, 5.41) is 0. The first-order chi connectivity index (χ1) is 13.4. The second kappa shape index (κ2) is 6.44. The number of hydrogen-bond acceptors (Lipinski definition) is 1. The van der Waals surface area contributed by atoms with Gasteiger partial charge in [0.05, 0.1) is 9.49 Å². The van der Waals surface area contributed by atoms with Gasteiger partial charge in [-0.3, -0.25) is 0 Å². The zero-order chi connectivity index (χ0) is 18.2. The van der Waals surface area contributed by atoms with Crippen molar-refractivity contribution >= 4 is 11.8 Å². The van der Waals surface area contributed by atoms with Crippen molar-refractivity contribution in [2.24, 2.45) is 0 Å². The van der Waals surface area contributed by atoms with E-state index in [2.05, 4.69) is 121 Å². The summed E-state index contributed by atoms with van der Waals surface area (Å²) in [4.78, 5) is 0. The first kappa shape index (κ1) is 16.4. The van der Waals surface area contributed by atoms with E-state index in [0.717, 1.165) is 0 Å². The predicted octanol–water partition coefficient (Wildman–Crippen LogP) is 6.62. The Hall–Kier alpha value is -2.77. The minimum Gasteiger partial charge on any atom is -0.125 e. The maximum absolute atomic E-state index is 2.27.